The monoisotopic (exact) mass is 424 g/mol. The second-order valence-corrected chi connectivity index (χ2v) is 8.05. The average Bonchev–Trinajstić information content (AvgIpc) is 2.79. The van der Waals surface area contributed by atoms with E-state index in [0.717, 1.165) is 37.7 Å². The third kappa shape index (κ3) is 4.50. The number of halogens is 3. The van der Waals surface area contributed by atoms with Crippen LogP contribution < -0.4 is 4.74 Å². The number of benzene rings is 3. The van der Waals surface area contributed by atoms with Crippen molar-refractivity contribution in [3.05, 3.63) is 88.7 Å². The number of ether oxygens (including phenoxy) is 1. The van der Waals surface area contributed by atoms with E-state index in [-0.39, 0.29) is 17.3 Å². The molecule has 0 saturated heterocycles. The van der Waals surface area contributed by atoms with Crippen LogP contribution in [0.25, 0.3) is 11.1 Å². The van der Waals surface area contributed by atoms with Gasteiger partial charge in [0.15, 0.2) is 11.6 Å². The molecule has 0 unspecified atom stereocenters. The molecule has 4 rings (SSSR count). The zero-order valence-electron chi connectivity index (χ0n) is 17.3. The van der Waals surface area contributed by atoms with E-state index in [4.69, 9.17) is 4.74 Å². The van der Waals surface area contributed by atoms with Gasteiger partial charge in [-0.2, -0.15) is 4.39 Å². The first-order chi connectivity index (χ1) is 14.9. The van der Waals surface area contributed by atoms with Crippen LogP contribution in [0.5, 0.6) is 5.75 Å². The molecule has 0 radical (unpaired) electrons. The summed E-state index contributed by atoms with van der Waals surface area (Å²) in [6, 6.07) is 14.1. The summed E-state index contributed by atoms with van der Waals surface area (Å²) in [5.41, 5.74) is 2.49. The average molecular weight is 424 g/mol. The van der Waals surface area contributed by atoms with Gasteiger partial charge in [0, 0.05) is 0 Å². The molecule has 1 aliphatic rings. The van der Waals surface area contributed by atoms with Crippen molar-refractivity contribution in [1.29, 1.82) is 0 Å². The number of carbonyl (C=O) groups is 1. The quantitative estimate of drug-likeness (QED) is 0.323. The highest BCUT2D eigenvalue weighted by Gasteiger charge is 2.24. The normalized spacial score (nSPS) is 14.5. The van der Waals surface area contributed by atoms with Gasteiger partial charge in [-0.1, -0.05) is 49.6 Å². The first kappa shape index (κ1) is 21.2. The van der Waals surface area contributed by atoms with E-state index in [2.05, 4.69) is 0 Å². The molecule has 3 aromatic carbocycles. The molecule has 1 saturated carbocycles. The maximum Gasteiger partial charge on any atom is 0.343 e. The van der Waals surface area contributed by atoms with Crippen LogP contribution in [0.2, 0.25) is 0 Å². The van der Waals surface area contributed by atoms with E-state index in [9.17, 15) is 18.0 Å². The lowest BCUT2D eigenvalue weighted by atomic mass is 9.84. The zero-order chi connectivity index (χ0) is 22.0. The minimum Gasteiger partial charge on any atom is -0.420 e. The fourth-order valence-electron chi connectivity index (χ4n) is 4.08. The fourth-order valence-corrected chi connectivity index (χ4v) is 4.08. The second kappa shape index (κ2) is 8.96. The topological polar surface area (TPSA) is 26.3 Å². The predicted molar refractivity (Wildman–Crippen MR) is 114 cm³/mol. The molecule has 0 atom stereocenters. The van der Waals surface area contributed by atoms with E-state index in [0.29, 0.717) is 16.7 Å². The van der Waals surface area contributed by atoms with Crippen molar-refractivity contribution in [1.82, 2.24) is 0 Å². The van der Waals surface area contributed by atoms with Crippen LogP contribution in [-0.4, -0.2) is 5.97 Å². The number of hydrogen-bond acceptors (Lipinski definition) is 2. The SMILES string of the molecule is Cc1ccc(-c2ccc(C(=O)Oc3ccc(C4CCCCC4)c(F)c3F)cc2)cc1F. The Morgan fingerprint density at radius 2 is 1.52 bits per heavy atom. The van der Waals surface area contributed by atoms with Crippen molar-refractivity contribution in [2.45, 2.75) is 44.9 Å². The van der Waals surface area contributed by atoms with Crippen LogP contribution in [-0.2, 0) is 0 Å². The van der Waals surface area contributed by atoms with Gasteiger partial charge in [-0.25, -0.2) is 13.6 Å². The summed E-state index contributed by atoms with van der Waals surface area (Å²) in [6.45, 7) is 1.68. The lowest BCUT2D eigenvalue weighted by Crippen LogP contribution is -2.12. The van der Waals surface area contributed by atoms with Crippen LogP contribution in [0.1, 0.15) is 59.5 Å². The first-order valence-corrected chi connectivity index (χ1v) is 10.5. The minimum absolute atomic E-state index is 0.00663. The lowest BCUT2D eigenvalue weighted by Gasteiger charge is -2.22. The minimum atomic E-state index is -1.14. The molecule has 1 aliphatic carbocycles. The second-order valence-electron chi connectivity index (χ2n) is 8.05. The van der Waals surface area contributed by atoms with E-state index >= 15 is 0 Å². The summed E-state index contributed by atoms with van der Waals surface area (Å²) in [7, 11) is 0. The maximum absolute atomic E-state index is 14.6. The molecule has 3 aromatic rings. The summed E-state index contributed by atoms with van der Waals surface area (Å²) in [5.74, 6) is -3.59. The maximum atomic E-state index is 14.6. The molecule has 5 heteroatoms. The van der Waals surface area contributed by atoms with Gasteiger partial charge < -0.3 is 4.74 Å². The Hall–Kier alpha value is -3.08. The van der Waals surface area contributed by atoms with Crippen molar-refractivity contribution in [3.8, 4) is 16.9 Å². The molecule has 0 amide bonds. The summed E-state index contributed by atoms with van der Waals surface area (Å²) < 4.78 is 48.1. The Morgan fingerprint density at radius 1 is 0.839 bits per heavy atom. The Labute approximate surface area is 179 Å². The predicted octanol–water partition coefficient (Wildman–Crippen LogP) is 7.35. The van der Waals surface area contributed by atoms with Crippen molar-refractivity contribution in [2.24, 2.45) is 0 Å². The number of rotatable bonds is 4. The van der Waals surface area contributed by atoms with Gasteiger partial charge in [0.2, 0.25) is 5.82 Å². The summed E-state index contributed by atoms with van der Waals surface area (Å²) in [5, 5.41) is 0. The van der Waals surface area contributed by atoms with Gasteiger partial charge in [-0.3, -0.25) is 0 Å². The molecule has 0 aromatic heterocycles. The van der Waals surface area contributed by atoms with Gasteiger partial charge in [-0.05, 0) is 72.2 Å². The van der Waals surface area contributed by atoms with Crippen LogP contribution >= 0.6 is 0 Å². The molecule has 31 heavy (non-hydrogen) atoms. The number of esters is 1. The van der Waals surface area contributed by atoms with Crippen LogP contribution in [0, 0.1) is 24.4 Å². The lowest BCUT2D eigenvalue weighted by molar-refractivity contribution is 0.0726. The van der Waals surface area contributed by atoms with E-state index in [1.54, 1.807) is 31.2 Å². The molecule has 1 fully saturated rings. The number of hydrogen-bond donors (Lipinski definition) is 0. The van der Waals surface area contributed by atoms with Crippen molar-refractivity contribution in [3.63, 3.8) is 0 Å². The van der Waals surface area contributed by atoms with E-state index < -0.39 is 23.4 Å². The van der Waals surface area contributed by atoms with E-state index in [1.807, 2.05) is 0 Å². The van der Waals surface area contributed by atoms with E-state index in [1.165, 1.54) is 30.3 Å². The van der Waals surface area contributed by atoms with Gasteiger partial charge in [0.05, 0.1) is 5.56 Å². The molecular formula is C26H23F3O2. The molecule has 0 heterocycles. The first-order valence-electron chi connectivity index (χ1n) is 10.5. The summed E-state index contributed by atoms with van der Waals surface area (Å²) in [4.78, 5) is 12.4. The molecule has 0 spiro atoms. The summed E-state index contributed by atoms with van der Waals surface area (Å²) in [6.07, 6.45) is 4.81. The van der Waals surface area contributed by atoms with Gasteiger partial charge in [0.1, 0.15) is 5.82 Å². The number of carbonyl (C=O) groups excluding carboxylic acids is 1. The van der Waals surface area contributed by atoms with Crippen LogP contribution in [0.3, 0.4) is 0 Å². The van der Waals surface area contributed by atoms with Gasteiger partial charge in [-0.15, -0.1) is 0 Å². The Bertz CT molecular complexity index is 1100. The molecule has 0 N–H and O–H groups in total. The molecule has 2 nitrogen and oxygen atoms in total. The molecule has 0 bridgehead atoms. The van der Waals surface area contributed by atoms with Crippen molar-refractivity contribution in [2.75, 3.05) is 0 Å². The van der Waals surface area contributed by atoms with Gasteiger partial charge in [0.25, 0.3) is 0 Å². The van der Waals surface area contributed by atoms with Crippen molar-refractivity contribution >= 4 is 5.97 Å². The number of aryl methyl sites for hydroxylation is 1. The third-order valence-corrected chi connectivity index (χ3v) is 5.95. The summed E-state index contributed by atoms with van der Waals surface area (Å²) >= 11 is 0. The highest BCUT2D eigenvalue weighted by molar-refractivity contribution is 5.91. The zero-order valence-corrected chi connectivity index (χ0v) is 17.3. The fraction of sp³-hybridized carbons (Fsp3) is 0.269. The van der Waals surface area contributed by atoms with Crippen LogP contribution in [0.4, 0.5) is 13.2 Å². The third-order valence-electron chi connectivity index (χ3n) is 5.95. The van der Waals surface area contributed by atoms with Crippen LogP contribution in [0.15, 0.2) is 54.6 Å². The molecule has 160 valence electrons. The highest BCUT2D eigenvalue weighted by atomic mass is 19.2. The van der Waals surface area contributed by atoms with Crippen molar-refractivity contribution < 1.29 is 22.7 Å². The Balaban J connectivity index is 1.50. The smallest absolute Gasteiger partial charge is 0.343 e. The van der Waals surface area contributed by atoms with Gasteiger partial charge >= 0.3 is 5.97 Å². The molecular weight excluding hydrogens is 401 g/mol. The standard InChI is InChI=1S/C26H23F3O2/c1-16-7-8-20(15-22(16)27)17-9-11-19(12-10-17)26(30)31-23-14-13-21(24(28)25(23)29)18-5-3-2-4-6-18/h7-15,18H,2-6H2,1H3. The highest BCUT2D eigenvalue weighted by Crippen LogP contribution is 2.36. The Morgan fingerprint density at radius 3 is 2.19 bits per heavy atom. The largest absolute Gasteiger partial charge is 0.420 e. The Kier molecular flexibility index (Phi) is 6.12. The molecule has 0 aliphatic heterocycles.